The Labute approximate surface area is 95.4 Å². The first kappa shape index (κ1) is 10.7. The molecule has 1 N–H and O–H groups in total. The molecule has 0 aliphatic carbocycles. The lowest BCUT2D eigenvalue weighted by molar-refractivity contribution is 0.604. The largest absolute Gasteiger partial charge is 0.350 e. The zero-order valence-corrected chi connectivity index (χ0v) is 9.59. The predicted molar refractivity (Wildman–Crippen MR) is 64.2 cm³/mol. The highest BCUT2D eigenvalue weighted by molar-refractivity contribution is 5.27. The van der Waals surface area contributed by atoms with Crippen LogP contribution in [-0.2, 0) is 6.54 Å². The van der Waals surface area contributed by atoms with E-state index in [0.717, 1.165) is 11.6 Å². The third kappa shape index (κ3) is 2.39. The second kappa shape index (κ2) is 4.79. The van der Waals surface area contributed by atoms with Crippen molar-refractivity contribution in [3.05, 3.63) is 42.5 Å². The smallest absolute Gasteiger partial charge is 0.203 e. The Balaban J connectivity index is 2.02. The fourth-order valence-corrected chi connectivity index (χ4v) is 1.54. The summed E-state index contributed by atoms with van der Waals surface area (Å²) in [5.74, 6) is 0.889. The predicted octanol–water partition coefficient (Wildman–Crippen LogP) is 2.47. The summed E-state index contributed by atoms with van der Waals surface area (Å²) >= 11 is 0. The number of anilines is 1. The molecule has 2 rings (SSSR count). The van der Waals surface area contributed by atoms with Gasteiger partial charge in [0.2, 0.25) is 5.95 Å². The Morgan fingerprint density at radius 2 is 2.12 bits per heavy atom. The summed E-state index contributed by atoms with van der Waals surface area (Å²) in [6.45, 7) is 4.96. The number of rotatable bonds is 4. The van der Waals surface area contributed by atoms with E-state index in [4.69, 9.17) is 0 Å². The van der Waals surface area contributed by atoms with Crippen LogP contribution >= 0.6 is 0 Å². The first-order chi connectivity index (χ1) is 7.77. The molecule has 2 heterocycles. The molecule has 0 atom stereocenters. The molecule has 0 aromatic carbocycles. The van der Waals surface area contributed by atoms with E-state index in [2.05, 4.69) is 33.7 Å². The number of aromatic nitrogens is 3. The van der Waals surface area contributed by atoms with Gasteiger partial charge in [-0.05, 0) is 26.0 Å². The van der Waals surface area contributed by atoms with Gasteiger partial charge in [-0.1, -0.05) is 6.07 Å². The number of pyridine rings is 1. The monoisotopic (exact) mass is 216 g/mol. The summed E-state index contributed by atoms with van der Waals surface area (Å²) in [7, 11) is 0. The number of hydrogen-bond acceptors (Lipinski definition) is 3. The fourth-order valence-electron chi connectivity index (χ4n) is 1.54. The van der Waals surface area contributed by atoms with Crippen LogP contribution in [0.5, 0.6) is 0 Å². The molecule has 2 aromatic heterocycles. The van der Waals surface area contributed by atoms with Crippen molar-refractivity contribution in [2.24, 2.45) is 0 Å². The van der Waals surface area contributed by atoms with E-state index in [9.17, 15) is 0 Å². The summed E-state index contributed by atoms with van der Waals surface area (Å²) < 4.78 is 2.10. The Morgan fingerprint density at radius 1 is 1.25 bits per heavy atom. The van der Waals surface area contributed by atoms with Gasteiger partial charge in [-0.2, -0.15) is 0 Å². The SMILES string of the molecule is CC(C)n1ccnc1NCc1ccccn1. The Hall–Kier alpha value is -1.84. The maximum absolute atomic E-state index is 4.28. The average molecular weight is 216 g/mol. The van der Waals surface area contributed by atoms with Crippen molar-refractivity contribution in [2.45, 2.75) is 26.4 Å². The first-order valence-corrected chi connectivity index (χ1v) is 5.44. The lowest BCUT2D eigenvalue weighted by Gasteiger charge is -2.12. The third-order valence-corrected chi connectivity index (χ3v) is 2.38. The van der Waals surface area contributed by atoms with Gasteiger partial charge < -0.3 is 9.88 Å². The van der Waals surface area contributed by atoms with E-state index in [1.807, 2.05) is 24.4 Å². The highest BCUT2D eigenvalue weighted by Gasteiger charge is 2.04. The van der Waals surface area contributed by atoms with Crippen molar-refractivity contribution in [1.82, 2.24) is 14.5 Å². The molecule has 4 heteroatoms. The van der Waals surface area contributed by atoms with Gasteiger partial charge in [0, 0.05) is 24.6 Å². The molecule has 16 heavy (non-hydrogen) atoms. The second-order valence-electron chi connectivity index (χ2n) is 3.93. The van der Waals surface area contributed by atoms with E-state index in [-0.39, 0.29) is 0 Å². The lowest BCUT2D eigenvalue weighted by Crippen LogP contribution is -2.09. The van der Waals surface area contributed by atoms with Crippen LogP contribution in [0.3, 0.4) is 0 Å². The Morgan fingerprint density at radius 3 is 2.81 bits per heavy atom. The molecule has 84 valence electrons. The zero-order chi connectivity index (χ0) is 11.4. The van der Waals surface area contributed by atoms with E-state index in [0.29, 0.717) is 12.6 Å². The van der Waals surface area contributed by atoms with E-state index in [1.165, 1.54) is 0 Å². The number of nitrogens with zero attached hydrogens (tertiary/aromatic N) is 3. The minimum absolute atomic E-state index is 0.411. The number of hydrogen-bond donors (Lipinski definition) is 1. The van der Waals surface area contributed by atoms with Crippen molar-refractivity contribution in [3.8, 4) is 0 Å². The minimum Gasteiger partial charge on any atom is -0.350 e. The number of nitrogens with one attached hydrogen (secondary N) is 1. The molecule has 0 spiro atoms. The molecule has 0 bridgehead atoms. The van der Waals surface area contributed by atoms with Crippen LogP contribution in [0.1, 0.15) is 25.6 Å². The van der Waals surface area contributed by atoms with Crippen molar-refractivity contribution in [3.63, 3.8) is 0 Å². The molecule has 0 radical (unpaired) electrons. The summed E-state index contributed by atoms with van der Waals surface area (Å²) in [6, 6.07) is 6.31. The lowest BCUT2D eigenvalue weighted by atomic mass is 10.3. The second-order valence-corrected chi connectivity index (χ2v) is 3.93. The zero-order valence-electron chi connectivity index (χ0n) is 9.59. The van der Waals surface area contributed by atoms with Gasteiger partial charge in [-0.25, -0.2) is 4.98 Å². The van der Waals surface area contributed by atoms with Crippen LogP contribution in [0.4, 0.5) is 5.95 Å². The molecule has 0 amide bonds. The molecule has 0 aliphatic heterocycles. The van der Waals surface area contributed by atoms with E-state index >= 15 is 0 Å². The maximum Gasteiger partial charge on any atom is 0.203 e. The van der Waals surface area contributed by atoms with Crippen molar-refractivity contribution >= 4 is 5.95 Å². The van der Waals surface area contributed by atoms with Crippen LogP contribution in [0.15, 0.2) is 36.8 Å². The van der Waals surface area contributed by atoms with E-state index < -0.39 is 0 Å². The topological polar surface area (TPSA) is 42.7 Å². The third-order valence-electron chi connectivity index (χ3n) is 2.38. The van der Waals surface area contributed by atoms with Crippen LogP contribution in [0.2, 0.25) is 0 Å². The van der Waals surface area contributed by atoms with Crippen molar-refractivity contribution in [2.75, 3.05) is 5.32 Å². The van der Waals surface area contributed by atoms with Gasteiger partial charge >= 0.3 is 0 Å². The molecule has 0 unspecified atom stereocenters. The minimum atomic E-state index is 0.411. The quantitative estimate of drug-likeness (QED) is 0.853. The molecule has 0 fully saturated rings. The Kier molecular flexibility index (Phi) is 3.19. The normalized spacial score (nSPS) is 10.7. The first-order valence-electron chi connectivity index (χ1n) is 5.44. The highest BCUT2D eigenvalue weighted by Crippen LogP contribution is 2.12. The van der Waals surface area contributed by atoms with Crippen LogP contribution in [-0.4, -0.2) is 14.5 Å². The van der Waals surface area contributed by atoms with Gasteiger partial charge in [-0.3, -0.25) is 4.98 Å². The van der Waals surface area contributed by atoms with Gasteiger partial charge in [-0.15, -0.1) is 0 Å². The van der Waals surface area contributed by atoms with Gasteiger partial charge in [0.25, 0.3) is 0 Å². The highest BCUT2D eigenvalue weighted by atomic mass is 15.2. The van der Waals surface area contributed by atoms with Gasteiger partial charge in [0.1, 0.15) is 0 Å². The fraction of sp³-hybridized carbons (Fsp3) is 0.333. The van der Waals surface area contributed by atoms with Crippen LogP contribution in [0, 0.1) is 0 Å². The molecular formula is C12H16N4. The van der Waals surface area contributed by atoms with Crippen molar-refractivity contribution < 1.29 is 0 Å². The van der Waals surface area contributed by atoms with E-state index in [1.54, 1.807) is 12.4 Å². The maximum atomic E-state index is 4.28. The summed E-state index contributed by atoms with van der Waals surface area (Å²) in [5.41, 5.74) is 1.01. The molecule has 2 aromatic rings. The van der Waals surface area contributed by atoms with Crippen molar-refractivity contribution in [1.29, 1.82) is 0 Å². The summed E-state index contributed by atoms with van der Waals surface area (Å²) in [6.07, 6.45) is 5.58. The number of imidazole rings is 1. The van der Waals surface area contributed by atoms with Crippen LogP contribution in [0.25, 0.3) is 0 Å². The van der Waals surface area contributed by atoms with Gasteiger partial charge in [0.05, 0.1) is 12.2 Å². The Bertz CT molecular complexity index is 433. The van der Waals surface area contributed by atoms with Gasteiger partial charge in [0.15, 0.2) is 0 Å². The average Bonchev–Trinajstić information content (AvgIpc) is 2.76. The molecule has 4 nitrogen and oxygen atoms in total. The molecule has 0 saturated carbocycles. The van der Waals surface area contributed by atoms with Crippen LogP contribution < -0.4 is 5.32 Å². The molecule has 0 aliphatic rings. The standard InChI is InChI=1S/C12H16N4/c1-10(2)16-8-7-14-12(16)15-9-11-5-3-4-6-13-11/h3-8,10H,9H2,1-2H3,(H,14,15). The summed E-state index contributed by atoms with van der Waals surface area (Å²) in [4.78, 5) is 8.53. The molecular weight excluding hydrogens is 200 g/mol. The molecule has 0 saturated heterocycles. The summed E-state index contributed by atoms with van der Waals surface area (Å²) in [5, 5.41) is 3.28.